The number of hydrogen-bond acceptors (Lipinski definition) is 6. The lowest BCUT2D eigenvalue weighted by atomic mass is 10.1. The van der Waals surface area contributed by atoms with Gasteiger partial charge in [0.05, 0.1) is 5.56 Å². The zero-order chi connectivity index (χ0) is 20.4. The van der Waals surface area contributed by atoms with Crippen molar-refractivity contribution in [3.63, 3.8) is 0 Å². The molecule has 3 aromatic rings. The fourth-order valence-corrected chi connectivity index (χ4v) is 4.93. The summed E-state index contributed by atoms with van der Waals surface area (Å²) in [6.07, 6.45) is 5.11. The summed E-state index contributed by atoms with van der Waals surface area (Å²) in [7, 11) is 0. The van der Waals surface area contributed by atoms with Crippen molar-refractivity contribution in [1.82, 2.24) is 0 Å². The molecule has 2 heterocycles. The Bertz CT molecular complexity index is 1140. The summed E-state index contributed by atoms with van der Waals surface area (Å²) in [5.74, 6) is -1.06. The topological polar surface area (TPSA) is 92.3 Å². The maximum Gasteiger partial charge on any atom is 0.375 e. The number of fused-ring (bicyclic) bond motifs is 2. The van der Waals surface area contributed by atoms with E-state index in [2.05, 4.69) is 11.4 Å². The van der Waals surface area contributed by atoms with Crippen molar-refractivity contribution in [3.05, 3.63) is 51.6 Å². The number of nitrogens with zero attached hydrogens (tertiary/aromatic N) is 1. The Kier molecular flexibility index (Phi) is 5.36. The van der Waals surface area contributed by atoms with Crippen LogP contribution in [0, 0.1) is 18.3 Å². The van der Waals surface area contributed by atoms with Gasteiger partial charge in [-0.3, -0.25) is 4.79 Å². The summed E-state index contributed by atoms with van der Waals surface area (Å²) < 4.78 is 10.7. The molecule has 1 aliphatic carbocycles. The molecule has 0 spiro atoms. The normalized spacial score (nSPS) is 13.4. The van der Waals surface area contributed by atoms with E-state index in [9.17, 15) is 14.9 Å². The number of benzene rings is 1. The Morgan fingerprint density at radius 1 is 1.24 bits per heavy atom. The SMILES string of the molecule is Cc1c(C(=O)OCC(=O)Nc2sc3c(c2C#N)CCCCC3)oc2ccccc12. The van der Waals surface area contributed by atoms with Crippen LogP contribution in [0.3, 0.4) is 0 Å². The molecule has 6 nitrogen and oxygen atoms in total. The number of esters is 1. The third-order valence-electron chi connectivity index (χ3n) is 5.15. The summed E-state index contributed by atoms with van der Waals surface area (Å²) in [5.41, 5.74) is 2.87. The maximum atomic E-state index is 12.4. The van der Waals surface area contributed by atoms with Crippen LogP contribution in [0.1, 0.15) is 51.4 Å². The van der Waals surface area contributed by atoms with Crippen LogP contribution in [0.2, 0.25) is 0 Å². The lowest BCUT2D eigenvalue weighted by molar-refractivity contribution is -0.119. The first-order valence-electron chi connectivity index (χ1n) is 9.58. The van der Waals surface area contributed by atoms with Crippen LogP contribution >= 0.6 is 11.3 Å². The minimum atomic E-state index is -0.684. The monoisotopic (exact) mass is 408 g/mol. The van der Waals surface area contributed by atoms with E-state index < -0.39 is 18.5 Å². The van der Waals surface area contributed by atoms with Gasteiger partial charge < -0.3 is 14.5 Å². The largest absolute Gasteiger partial charge is 0.450 e. The van der Waals surface area contributed by atoms with E-state index >= 15 is 0 Å². The summed E-state index contributed by atoms with van der Waals surface area (Å²) >= 11 is 1.45. The molecular weight excluding hydrogens is 388 g/mol. The van der Waals surface area contributed by atoms with Gasteiger partial charge in [0.1, 0.15) is 16.7 Å². The van der Waals surface area contributed by atoms with Gasteiger partial charge in [-0.1, -0.05) is 24.6 Å². The van der Waals surface area contributed by atoms with Crippen LogP contribution in [0.5, 0.6) is 0 Å². The Morgan fingerprint density at radius 3 is 2.83 bits per heavy atom. The van der Waals surface area contributed by atoms with Crippen LogP contribution in [-0.2, 0) is 22.4 Å². The molecule has 0 bridgehead atoms. The number of nitriles is 1. The Morgan fingerprint density at radius 2 is 2.03 bits per heavy atom. The molecule has 1 N–H and O–H groups in total. The smallest absolute Gasteiger partial charge is 0.375 e. The van der Waals surface area contributed by atoms with Gasteiger partial charge in [-0.2, -0.15) is 5.26 Å². The summed E-state index contributed by atoms with van der Waals surface area (Å²) in [5, 5.41) is 13.7. The summed E-state index contributed by atoms with van der Waals surface area (Å²) in [4.78, 5) is 25.9. The van der Waals surface area contributed by atoms with Gasteiger partial charge in [0.25, 0.3) is 5.91 Å². The van der Waals surface area contributed by atoms with Crippen LogP contribution < -0.4 is 5.32 Å². The van der Waals surface area contributed by atoms with Gasteiger partial charge in [-0.15, -0.1) is 11.3 Å². The minimum Gasteiger partial charge on any atom is -0.450 e. The molecule has 2 aromatic heterocycles. The summed E-state index contributed by atoms with van der Waals surface area (Å²) in [6, 6.07) is 9.55. The second-order valence-electron chi connectivity index (χ2n) is 7.06. The van der Waals surface area contributed by atoms with Crippen molar-refractivity contribution < 1.29 is 18.7 Å². The average molecular weight is 408 g/mol. The number of rotatable bonds is 4. The highest BCUT2D eigenvalue weighted by Gasteiger charge is 2.23. The van der Waals surface area contributed by atoms with Gasteiger partial charge in [-0.05, 0) is 44.2 Å². The molecule has 0 radical (unpaired) electrons. The van der Waals surface area contributed by atoms with E-state index in [1.165, 1.54) is 16.2 Å². The van der Waals surface area contributed by atoms with Crippen LogP contribution in [0.4, 0.5) is 5.00 Å². The fourth-order valence-electron chi connectivity index (χ4n) is 3.68. The first-order valence-corrected chi connectivity index (χ1v) is 10.4. The van der Waals surface area contributed by atoms with Crippen molar-refractivity contribution in [2.45, 2.75) is 39.0 Å². The van der Waals surface area contributed by atoms with E-state index in [0.29, 0.717) is 21.7 Å². The Hall–Kier alpha value is -3.11. The molecule has 148 valence electrons. The maximum absolute atomic E-state index is 12.4. The van der Waals surface area contributed by atoms with Crippen molar-refractivity contribution in [3.8, 4) is 6.07 Å². The van der Waals surface area contributed by atoms with Crippen molar-refractivity contribution >= 4 is 39.2 Å². The number of aryl methyl sites for hydroxylation is 2. The third-order valence-corrected chi connectivity index (χ3v) is 6.36. The van der Waals surface area contributed by atoms with E-state index in [4.69, 9.17) is 9.15 Å². The first-order chi connectivity index (χ1) is 14.1. The van der Waals surface area contributed by atoms with Crippen molar-refractivity contribution in [1.29, 1.82) is 5.26 Å². The van der Waals surface area contributed by atoms with Gasteiger partial charge in [-0.25, -0.2) is 4.79 Å². The number of carbonyl (C=O) groups is 2. The molecule has 1 amide bonds. The minimum absolute atomic E-state index is 0.0968. The zero-order valence-corrected chi connectivity index (χ0v) is 16.9. The molecule has 0 saturated heterocycles. The number of carbonyl (C=O) groups excluding carboxylic acids is 2. The van der Waals surface area contributed by atoms with Crippen LogP contribution in [0.25, 0.3) is 11.0 Å². The van der Waals surface area contributed by atoms with Crippen LogP contribution in [-0.4, -0.2) is 18.5 Å². The number of furan rings is 1. The second-order valence-corrected chi connectivity index (χ2v) is 8.16. The lowest BCUT2D eigenvalue weighted by Gasteiger charge is -2.05. The average Bonchev–Trinajstić information content (AvgIpc) is 3.13. The molecule has 1 aromatic carbocycles. The number of para-hydroxylation sites is 1. The third kappa shape index (κ3) is 3.76. The second kappa shape index (κ2) is 8.10. The van der Waals surface area contributed by atoms with E-state index in [0.717, 1.165) is 43.1 Å². The number of ether oxygens (including phenoxy) is 1. The molecule has 7 heteroatoms. The molecule has 0 aliphatic heterocycles. The highest BCUT2D eigenvalue weighted by Crippen LogP contribution is 2.37. The number of anilines is 1. The summed E-state index contributed by atoms with van der Waals surface area (Å²) in [6.45, 7) is 1.34. The molecule has 4 rings (SSSR count). The molecule has 0 unspecified atom stereocenters. The molecule has 0 saturated carbocycles. The Labute approximate surface area is 172 Å². The molecule has 0 fully saturated rings. The predicted octanol–water partition coefficient (Wildman–Crippen LogP) is 4.74. The molecular formula is C22H20N2O4S. The van der Waals surface area contributed by atoms with Gasteiger partial charge in [0.2, 0.25) is 5.76 Å². The molecule has 0 atom stereocenters. The molecule has 29 heavy (non-hydrogen) atoms. The van der Waals surface area contributed by atoms with E-state index in [-0.39, 0.29) is 5.76 Å². The first kappa shape index (κ1) is 19.2. The standard InChI is InChI=1S/C22H20N2O4S/c1-13-14-7-5-6-9-17(14)28-20(13)22(26)27-12-19(25)24-21-16(11-23)15-8-3-2-4-10-18(15)29-21/h5-7,9H,2-4,8,10,12H2,1H3,(H,24,25). The highest BCUT2D eigenvalue weighted by atomic mass is 32.1. The van der Waals surface area contributed by atoms with Gasteiger partial charge in [0.15, 0.2) is 6.61 Å². The van der Waals surface area contributed by atoms with Crippen molar-refractivity contribution in [2.24, 2.45) is 0 Å². The number of amides is 1. The van der Waals surface area contributed by atoms with Gasteiger partial charge >= 0.3 is 5.97 Å². The fraction of sp³-hybridized carbons (Fsp3) is 0.318. The predicted molar refractivity (Wildman–Crippen MR) is 110 cm³/mol. The number of thiophene rings is 1. The van der Waals surface area contributed by atoms with Crippen molar-refractivity contribution in [2.75, 3.05) is 11.9 Å². The number of hydrogen-bond donors (Lipinski definition) is 1. The van der Waals surface area contributed by atoms with Gasteiger partial charge in [0, 0.05) is 15.8 Å². The molecule has 1 aliphatic rings. The quantitative estimate of drug-likeness (QED) is 0.497. The van der Waals surface area contributed by atoms with E-state index in [1.54, 1.807) is 13.0 Å². The number of nitrogens with one attached hydrogen (secondary N) is 1. The zero-order valence-electron chi connectivity index (χ0n) is 16.0. The Balaban J connectivity index is 1.43. The van der Waals surface area contributed by atoms with Crippen LogP contribution in [0.15, 0.2) is 28.7 Å². The lowest BCUT2D eigenvalue weighted by Crippen LogP contribution is -2.21. The van der Waals surface area contributed by atoms with E-state index in [1.807, 2.05) is 18.2 Å². The highest BCUT2D eigenvalue weighted by molar-refractivity contribution is 7.16.